The Bertz CT molecular complexity index is 642. The first-order chi connectivity index (χ1) is 9.38. The van der Waals surface area contributed by atoms with Crippen molar-refractivity contribution in [2.24, 2.45) is 0 Å². The molecule has 2 nitrogen and oxygen atoms in total. The Morgan fingerprint density at radius 1 is 1.15 bits per heavy atom. The average molecular weight is 315 g/mol. The number of rotatable bonds is 3. The zero-order valence-corrected chi connectivity index (χ0v) is 12.5. The monoisotopic (exact) mass is 314 g/mol. The molecule has 0 heterocycles. The van der Waals surface area contributed by atoms with Gasteiger partial charge in [0.25, 0.3) is 0 Å². The Morgan fingerprint density at radius 3 is 2.50 bits per heavy atom. The van der Waals surface area contributed by atoms with Gasteiger partial charge in [0.2, 0.25) is 0 Å². The summed E-state index contributed by atoms with van der Waals surface area (Å²) in [6, 6.07) is 7.59. The lowest BCUT2D eigenvalue weighted by Gasteiger charge is -2.15. The van der Waals surface area contributed by atoms with Crippen LogP contribution in [0.15, 0.2) is 30.3 Å². The van der Waals surface area contributed by atoms with E-state index in [0.717, 1.165) is 0 Å². The lowest BCUT2D eigenvalue weighted by molar-refractivity contribution is 0.195. The van der Waals surface area contributed by atoms with Gasteiger partial charge in [0.15, 0.2) is 0 Å². The summed E-state index contributed by atoms with van der Waals surface area (Å²) >= 11 is 11.9. The van der Waals surface area contributed by atoms with Crippen LogP contribution in [-0.4, -0.2) is 5.11 Å². The summed E-state index contributed by atoms with van der Waals surface area (Å²) in [6.07, 6.45) is -0.863. The van der Waals surface area contributed by atoms with E-state index in [9.17, 15) is 9.50 Å². The molecule has 1 atom stereocenters. The molecule has 0 aliphatic rings. The predicted octanol–water partition coefficient (Wildman–Crippen LogP) is 5.29. The molecular formula is C15H13Cl2FO2. The zero-order chi connectivity index (χ0) is 14.9. The highest BCUT2D eigenvalue weighted by Crippen LogP contribution is 2.36. The van der Waals surface area contributed by atoms with Crippen molar-refractivity contribution in [2.75, 3.05) is 0 Å². The topological polar surface area (TPSA) is 29.5 Å². The third-order valence-corrected chi connectivity index (χ3v) is 3.40. The van der Waals surface area contributed by atoms with Gasteiger partial charge < -0.3 is 9.84 Å². The fourth-order valence-electron chi connectivity index (χ4n) is 1.76. The van der Waals surface area contributed by atoms with Crippen molar-refractivity contribution < 1.29 is 14.2 Å². The molecule has 20 heavy (non-hydrogen) atoms. The van der Waals surface area contributed by atoms with Gasteiger partial charge in [-0.1, -0.05) is 23.2 Å². The Labute approximate surface area is 126 Å². The van der Waals surface area contributed by atoms with E-state index in [1.54, 1.807) is 25.1 Å². The van der Waals surface area contributed by atoms with E-state index in [1.165, 1.54) is 19.1 Å². The number of aliphatic hydroxyl groups excluding tert-OH is 1. The van der Waals surface area contributed by atoms with Crippen molar-refractivity contribution >= 4 is 23.2 Å². The number of aryl methyl sites for hydroxylation is 1. The maximum Gasteiger partial charge on any atom is 0.147 e. The highest BCUT2D eigenvalue weighted by atomic mass is 35.5. The number of benzene rings is 2. The molecular weight excluding hydrogens is 302 g/mol. The summed E-state index contributed by atoms with van der Waals surface area (Å²) < 4.78 is 19.3. The molecule has 0 saturated carbocycles. The molecule has 0 amide bonds. The van der Waals surface area contributed by atoms with Gasteiger partial charge in [0.1, 0.15) is 17.3 Å². The molecule has 2 rings (SSSR count). The number of ether oxygens (including phenoxy) is 1. The Morgan fingerprint density at radius 2 is 1.85 bits per heavy atom. The fourth-order valence-corrected chi connectivity index (χ4v) is 2.08. The molecule has 0 saturated heterocycles. The van der Waals surface area contributed by atoms with Crippen molar-refractivity contribution in [1.29, 1.82) is 0 Å². The Balaban J connectivity index is 2.47. The van der Waals surface area contributed by atoms with Crippen LogP contribution in [-0.2, 0) is 0 Å². The molecule has 0 radical (unpaired) electrons. The smallest absolute Gasteiger partial charge is 0.147 e. The van der Waals surface area contributed by atoms with Gasteiger partial charge >= 0.3 is 0 Å². The summed E-state index contributed by atoms with van der Waals surface area (Å²) in [7, 11) is 0. The minimum atomic E-state index is -0.863. The molecule has 0 aromatic heterocycles. The predicted molar refractivity (Wildman–Crippen MR) is 78.3 cm³/mol. The Hall–Kier alpha value is -1.29. The molecule has 106 valence electrons. The van der Waals surface area contributed by atoms with Crippen LogP contribution in [0, 0.1) is 12.7 Å². The van der Waals surface area contributed by atoms with E-state index in [2.05, 4.69) is 0 Å². The molecule has 0 aliphatic heterocycles. The highest BCUT2D eigenvalue weighted by Gasteiger charge is 2.15. The second-order valence-electron chi connectivity index (χ2n) is 4.49. The SMILES string of the molecule is Cc1cc(Oc2cc(Cl)ccc2Cl)c(C(C)O)cc1F. The van der Waals surface area contributed by atoms with Crippen LogP contribution in [0.4, 0.5) is 4.39 Å². The van der Waals surface area contributed by atoms with Crippen LogP contribution in [0.1, 0.15) is 24.2 Å². The second kappa shape index (κ2) is 6.00. The first kappa shape index (κ1) is 15.1. The number of halogens is 3. The van der Waals surface area contributed by atoms with Crippen molar-refractivity contribution in [1.82, 2.24) is 0 Å². The molecule has 1 N–H and O–H groups in total. The highest BCUT2D eigenvalue weighted by molar-refractivity contribution is 6.34. The second-order valence-corrected chi connectivity index (χ2v) is 5.34. The average Bonchev–Trinajstić information content (AvgIpc) is 2.37. The minimum absolute atomic E-state index is 0.350. The van der Waals surface area contributed by atoms with E-state index in [-0.39, 0.29) is 0 Å². The molecule has 0 aliphatic carbocycles. The van der Waals surface area contributed by atoms with Crippen molar-refractivity contribution in [2.45, 2.75) is 20.0 Å². The third kappa shape index (κ3) is 3.23. The van der Waals surface area contributed by atoms with Crippen LogP contribution in [0.2, 0.25) is 10.0 Å². The van der Waals surface area contributed by atoms with Crippen molar-refractivity contribution in [3.05, 3.63) is 57.3 Å². The Kier molecular flexibility index (Phi) is 4.53. The summed E-state index contributed by atoms with van der Waals surface area (Å²) in [5.74, 6) is 0.306. The van der Waals surface area contributed by atoms with E-state index >= 15 is 0 Å². The maximum atomic E-state index is 13.6. The van der Waals surface area contributed by atoms with Crippen LogP contribution in [0.25, 0.3) is 0 Å². The lowest BCUT2D eigenvalue weighted by atomic mass is 10.1. The maximum absolute atomic E-state index is 13.6. The molecule has 0 spiro atoms. The molecule has 2 aromatic carbocycles. The first-order valence-corrected chi connectivity index (χ1v) is 6.75. The number of aliphatic hydroxyl groups is 1. The minimum Gasteiger partial charge on any atom is -0.455 e. The van der Waals surface area contributed by atoms with Gasteiger partial charge in [-0.15, -0.1) is 0 Å². The quantitative estimate of drug-likeness (QED) is 0.834. The number of hydrogen-bond donors (Lipinski definition) is 1. The molecule has 5 heteroatoms. The van der Waals surface area contributed by atoms with E-state index in [0.29, 0.717) is 32.7 Å². The summed E-state index contributed by atoms with van der Waals surface area (Å²) in [6.45, 7) is 3.16. The third-order valence-electron chi connectivity index (χ3n) is 2.85. The van der Waals surface area contributed by atoms with E-state index < -0.39 is 11.9 Å². The number of hydrogen-bond acceptors (Lipinski definition) is 2. The fraction of sp³-hybridized carbons (Fsp3) is 0.200. The summed E-state index contributed by atoms with van der Waals surface area (Å²) in [4.78, 5) is 0. The molecule has 1 unspecified atom stereocenters. The van der Waals surface area contributed by atoms with Crippen molar-refractivity contribution in [3.8, 4) is 11.5 Å². The van der Waals surface area contributed by atoms with Gasteiger partial charge in [-0.3, -0.25) is 0 Å². The van der Waals surface area contributed by atoms with Gasteiger partial charge in [-0.2, -0.15) is 0 Å². The van der Waals surface area contributed by atoms with Crippen LogP contribution >= 0.6 is 23.2 Å². The largest absolute Gasteiger partial charge is 0.455 e. The lowest BCUT2D eigenvalue weighted by Crippen LogP contribution is -1.99. The van der Waals surface area contributed by atoms with E-state index in [4.69, 9.17) is 27.9 Å². The van der Waals surface area contributed by atoms with Gasteiger partial charge in [0, 0.05) is 16.7 Å². The molecule has 2 aromatic rings. The van der Waals surface area contributed by atoms with Gasteiger partial charge in [0.05, 0.1) is 11.1 Å². The summed E-state index contributed by atoms with van der Waals surface area (Å²) in [5, 5.41) is 10.6. The van der Waals surface area contributed by atoms with Crippen LogP contribution < -0.4 is 4.74 Å². The van der Waals surface area contributed by atoms with E-state index in [1.807, 2.05) is 0 Å². The molecule has 0 bridgehead atoms. The normalized spacial score (nSPS) is 12.3. The van der Waals surface area contributed by atoms with Gasteiger partial charge in [-0.05, 0) is 43.7 Å². The van der Waals surface area contributed by atoms with Crippen LogP contribution in [0.3, 0.4) is 0 Å². The van der Waals surface area contributed by atoms with Crippen LogP contribution in [0.5, 0.6) is 11.5 Å². The van der Waals surface area contributed by atoms with Crippen molar-refractivity contribution in [3.63, 3.8) is 0 Å². The van der Waals surface area contributed by atoms with Gasteiger partial charge in [-0.25, -0.2) is 4.39 Å². The summed E-state index contributed by atoms with van der Waals surface area (Å²) in [5.41, 5.74) is 0.770. The standard InChI is InChI=1S/C15H13Cl2FO2/c1-8-5-14(11(9(2)19)7-13(8)18)20-15-6-10(16)3-4-12(15)17/h3-7,9,19H,1-2H3. The first-order valence-electron chi connectivity index (χ1n) is 5.99. The zero-order valence-electron chi connectivity index (χ0n) is 11.0. The molecule has 0 fully saturated rings.